The molecule has 0 saturated heterocycles. The predicted molar refractivity (Wildman–Crippen MR) is 131 cm³/mol. The number of nitrogens with zero attached hydrogens (tertiary/aromatic N) is 1. The summed E-state index contributed by atoms with van der Waals surface area (Å²) in [7, 11) is 2.77. The predicted octanol–water partition coefficient (Wildman–Crippen LogP) is 5.44. The van der Waals surface area contributed by atoms with E-state index in [9.17, 15) is 9.59 Å². The molecule has 180 valence electrons. The summed E-state index contributed by atoms with van der Waals surface area (Å²) in [5.74, 6) is 0.922. The number of benzene rings is 2. The Labute approximate surface area is 203 Å². The molecule has 1 fully saturated rings. The SMILES string of the molecule is COC(=O)C1=Cc2c(ccc3c2OCO3)-c2c(C3CCCCC3)c3ccc(C(=O)OC)cc3n2C1. The Hall–Kier alpha value is -3.74. The van der Waals surface area contributed by atoms with Crippen molar-refractivity contribution in [2.45, 2.75) is 44.6 Å². The maximum Gasteiger partial charge on any atom is 0.337 e. The zero-order chi connectivity index (χ0) is 24.1. The molecule has 0 bridgehead atoms. The van der Waals surface area contributed by atoms with E-state index >= 15 is 0 Å². The number of carbonyl (C=O) groups excluding carboxylic acids is 2. The molecule has 0 unspecified atom stereocenters. The van der Waals surface area contributed by atoms with Crippen LogP contribution in [0.2, 0.25) is 0 Å². The molecule has 3 aromatic rings. The lowest BCUT2D eigenvalue weighted by molar-refractivity contribution is -0.136. The number of methoxy groups -OCH3 is 2. The summed E-state index contributed by atoms with van der Waals surface area (Å²) in [6.45, 7) is 0.467. The van der Waals surface area contributed by atoms with Crippen LogP contribution in [0.3, 0.4) is 0 Å². The minimum absolute atomic E-state index is 0.147. The fraction of sp³-hybridized carbons (Fsp3) is 0.357. The molecule has 0 radical (unpaired) electrons. The van der Waals surface area contributed by atoms with Crippen LogP contribution in [0, 0.1) is 0 Å². The molecule has 1 aromatic heterocycles. The van der Waals surface area contributed by atoms with Crippen LogP contribution in [0.25, 0.3) is 28.2 Å². The Kier molecular flexibility index (Phi) is 5.28. The van der Waals surface area contributed by atoms with E-state index in [2.05, 4.69) is 10.6 Å². The van der Waals surface area contributed by atoms with Crippen molar-refractivity contribution in [3.8, 4) is 22.8 Å². The van der Waals surface area contributed by atoms with E-state index in [4.69, 9.17) is 18.9 Å². The number of rotatable bonds is 3. The second-order valence-electron chi connectivity index (χ2n) is 9.33. The number of fused-ring (bicyclic) bond motifs is 7. The van der Waals surface area contributed by atoms with Crippen molar-refractivity contribution < 1.29 is 28.5 Å². The molecular weight excluding hydrogens is 446 g/mol. The summed E-state index contributed by atoms with van der Waals surface area (Å²) in [6, 6.07) is 9.73. The molecule has 7 heteroatoms. The highest BCUT2D eigenvalue weighted by atomic mass is 16.7. The minimum Gasteiger partial charge on any atom is -0.466 e. The molecule has 6 rings (SSSR count). The lowest BCUT2D eigenvalue weighted by Gasteiger charge is -2.24. The van der Waals surface area contributed by atoms with E-state index in [1.54, 1.807) is 0 Å². The summed E-state index contributed by atoms with van der Waals surface area (Å²) in [5.41, 5.74) is 6.05. The van der Waals surface area contributed by atoms with Crippen molar-refractivity contribution in [1.29, 1.82) is 0 Å². The molecule has 0 N–H and O–H groups in total. The van der Waals surface area contributed by atoms with Gasteiger partial charge >= 0.3 is 11.9 Å². The smallest absolute Gasteiger partial charge is 0.337 e. The fourth-order valence-electron chi connectivity index (χ4n) is 5.87. The molecule has 1 saturated carbocycles. The van der Waals surface area contributed by atoms with E-state index in [1.165, 1.54) is 39.0 Å². The highest BCUT2D eigenvalue weighted by Crippen LogP contribution is 2.50. The van der Waals surface area contributed by atoms with Gasteiger partial charge in [-0.15, -0.1) is 0 Å². The van der Waals surface area contributed by atoms with Gasteiger partial charge in [0.2, 0.25) is 6.79 Å². The molecular formula is C28H27NO6. The normalized spacial score (nSPS) is 16.8. The van der Waals surface area contributed by atoms with E-state index < -0.39 is 5.97 Å². The Morgan fingerprint density at radius 2 is 1.77 bits per heavy atom. The first-order valence-electron chi connectivity index (χ1n) is 12.1. The third-order valence-corrected chi connectivity index (χ3v) is 7.47. The highest BCUT2D eigenvalue weighted by molar-refractivity contribution is 6.03. The van der Waals surface area contributed by atoms with Crippen molar-refractivity contribution in [1.82, 2.24) is 4.57 Å². The summed E-state index contributed by atoms with van der Waals surface area (Å²) < 4.78 is 23.8. The van der Waals surface area contributed by atoms with Crippen LogP contribution in [-0.4, -0.2) is 37.5 Å². The van der Waals surface area contributed by atoms with Crippen LogP contribution in [0.4, 0.5) is 0 Å². The van der Waals surface area contributed by atoms with Crippen molar-refractivity contribution >= 4 is 28.9 Å². The fourth-order valence-corrected chi connectivity index (χ4v) is 5.87. The number of aromatic nitrogens is 1. The zero-order valence-electron chi connectivity index (χ0n) is 19.9. The maximum absolute atomic E-state index is 12.9. The Balaban J connectivity index is 1.70. The number of carbonyl (C=O) groups is 2. The van der Waals surface area contributed by atoms with Crippen molar-refractivity contribution in [2.24, 2.45) is 0 Å². The van der Waals surface area contributed by atoms with Crippen LogP contribution < -0.4 is 9.47 Å². The third kappa shape index (κ3) is 3.40. The van der Waals surface area contributed by atoms with E-state index in [1.807, 2.05) is 30.3 Å². The lowest BCUT2D eigenvalue weighted by atomic mass is 9.81. The van der Waals surface area contributed by atoms with Crippen LogP contribution in [0.5, 0.6) is 11.5 Å². The van der Waals surface area contributed by atoms with Gasteiger partial charge in [-0.3, -0.25) is 0 Å². The molecule has 0 amide bonds. The summed E-state index contributed by atoms with van der Waals surface area (Å²) in [6.07, 6.45) is 7.72. The maximum atomic E-state index is 12.9. The van der Waals surface area contributed by atoms with Crippen LogP contribution in [0.1, 0.15) is 59.5 Å². The standard InChI is InChI=1S/C28H27NO6/c1-32-27(30)17-8-9-20-22(13-17)29-14-18(28(31)33-2)12-21-19(10-11-23-26(21)35-15-34-23)25(29)24(20)16-6-4-3-5-7-16/h8-13,16H,3-7,14-15H2,1-2H3. The number of ether oxygens (including phenoxy) is 4. The van der Waals surface area contributed by atoms with Crippen molar-refractivity contribution in [3.63, 3.8) is 0 Å². The molecule has 35 heavy (non-hydrogen) atoms. The van der Waals surface area contributed by atoms with Gasteiger partial charge in [0.25, 0.3) is 0 Å². The molecule has 2 aliphatic heterocycles. The van der Waals surface area contributed by atoms with Gasteiger partial charge < -0.3 is 23.5 Å². The van der Waals surface area contributed by atoms with Gasteiger partial charge in [0.05, 0.1) is 37.6 Å². The van der Waals surface area contributed by atoms with Gasteiger partial charge in [0.1, 0.15) is 0 Å². The third-order valence-electron chi connectivity index (χ3n) is 7.47. The Morgan fingerprint density at radius 3 is 2.54 bits per heavy atom. The topological polar surface area (TPSA) is 76.0 Å². The van der Waals surface area contributed by atoms with Crippen LogP contribution in [0.15, 0.2) is 35.9 Å². The van der Waals surface area contributed by atoms with Gasteiger partial charge in [0, 0.05) is 22.0 Å². The largest absolute Gasteiger partial charge is 0.466 e. The van der Waals surface area contributed by atoms with Crippen LogP contribution in [-0.2, 0) is 20.8 Å². The van der Waals surface area contributed by atoms with Gasteiger partial charge in [-0.05, 0) is 54.7 Å². The van der Waals surface area contributed by atoms with Gasteiger partial charge in [-0.25, -0.2) is 9.59 Å². The van der Waals surface area contributed by atoms with Gasteiger partial charge in [-0.1, -0.05) is 25.3 Å². The van der Waals surface area contributed by atoms with Gasteiger partial charge in [-0.2, -0.15) is 0 Å². The van der Waals surface area contributed by atoms with Crippen molar-refractivity contribution in [3.05, 3.63) is 52.6 Å². The highest BCUT2D eigenvalue weighted by Gasteiger charge is 2.33. The van der Waals surface area contributed by atoms with Gasteiger partial charge in [0.15, 0.2) is 11.5 Å². The Morgan fingerprint density at radius 1 is 0.971 bits per heavy atom. The quantitative estimate of drug-likeness (QED) is 0.472. The minimum atomic E-state index is -0.398. The average Bonchev–Trinajstić information content (AvgIpc) is 3.46. The summed E-state index contributed by atoms with van der Waals surface area (Å²) in [4.78, 5) is 25.3. The summed E-state index contributed by atoms with van der Waals surface area (Å²) in [5, 5.41) is 1.11. The van der Waals surface area contributed by atoms with E-state index in [0.717, 1.165) is 40.6 Å². The average molecular weight is 474 g/mol. The first-order chi connectivity index (χ1) is 17.1. The molecule has 2 aromatic carbocycles. The number of hydrogen-bond acceptors (Lipinski definition) is 6. The first-order valence-corrected chi connectivity index (χ1v) is 12.1. The lowest BCUT2D eigenvalue weighted by Crippen LogP contribution is -2.12. The zero-order valence-corrected chi connectivity index (χ0v) is 19.9. The number of esters is 2. The Bertz CT molecular complexity index is 1390. The molecule has 7 nitrogen and oxygen atoms in total. The monoisotopic (exact) mass is 473 g/mol. The molecule has 1 aliphatic carbocycles. The second kappa shape index (κ2) is 8.48. The van der Waals surface area contributed by atoms with E-state index in [-0.39, 0.29) is 12.8 Å². The molecule has 3 aliphatic rings. The molecule has 0 atom stereocenters. The first kappa shape index (κ1) is 21.8. The second-order valence-corrected chi connectivity index (χ2v) is 9.33. The number of hydrogen-bond donors (Lipinski definition) is 0. The van der Waals surface area contributed by atoms with Crippen molar-refractivity contribution in [2.75, 3.05) is 21.0 Å². The molecule has 3 heterocycles. The van der Waals surface area contributed by atoms with E-state index in [0.29, 0.717) is 35.1 Å². The molecule has 0 spiro atoms. The van der Waals surface area contributed by atoms with Crippen LogP contribution >= 0.6 is 0 Å². The summed E-state index contributed by atoms with van der Waals surface area (Å²) >= 11 is 0.